The zero-order valence-corrected chi connectivity index (χ0v) is 7.14. The van der Waals surface area contributed by atoms with Crippen molar-refractivity contribution in [2.45, 2.75) is 39.5 Å². The first-order valence-electron chi connectivity index (χ1n) is 4.77. The maximum atomic E-state index is 2.39. The Morgan fingerprint density at radius 2 is 1.90 bits per heavy atom. The van der Waals surface area contributed by atoms with Gasteiger partial charge in [-0.2, -0.15) is 0 Å². The van der Waals surface area contributed by atoms with Crippen LogP contribution in [-0.4, -0.2) is 0 Å². The second kappa shape index (κ2) is 2.25. The first-order valence-corrected chi connectivity index (χ1v) is 4.77. The highest BCUT2D eigenvalue weighted by Crippen LogP contribution is 2.50. The van der Waals surface area contributed by atoms with E-state index >= 15 is 0 Å². The summed E-state index contributed by atoms with van der Waals surface area (Å²) in [6.45, 7) is 4.79. The lowest BCUT2D eigenvalue weighted by Crippen LogP contribution is -2.15. The standard InChI is InChI=1S/C10H18/c1-7(2)10-6-8-3-4-9(10)5-8/h7-10H,3-6H2,1-2H3/t8?,9-,10?/m0/s1. The van der Waals surface area contributed by atoms with Crippen LogP contribution in [0.2, 0.25) is 0 Å². The molecule has 0 heteroatoms. The Bertz CT molecular complexity index is 126. The van der Waals surface area contributed by atoms with E-state index in [2.05, 4.69) is 13.8 Å². The largest absolute Gasteiger partial charge is 0.0625 e. The van der Waals surface area contributed by atoms with Gasteiger partial charge >= 0.3 is 0 Å². The SMILES string of the molecule is CC(C)C1CC2CC[C@H]1C2. The maximum absolute atomic E-state index is 2.39. The molecule has 58 valence electrons. The van der Waals surface area contributed by atoms with Crippen LogP contribution in [0.4, 0.5) is 0 Å². The number of fused-ring (bicyclic) bond motifs is 2. The van der Waals surface area contributed by atoms with E-state index in [9.17, 15) is 0 Å². The minimum atomic E-state index is 0.954. The lowest BCUT2D eigenvalue weighted by Gasteiger charge is -2.24. The van der Waals surface area contributed by atoms with E-state index in [4.69, 9.17) is 0 Å². The highest BCUT2D eigenvalue weighted by atomic mass is 14.5. The third kappa shape index (κ3) is 0.889. The van der Waals surface area contributed by atoms with Crippen molar-refractivity contribution >= 4 is 0 Å². The summed E-state index contributed by atoms with van der Waals surface area (Å²) in [6.07, 6.45) is 6.23. The topological polar surface area (TPSA) is 0 Å². The molecule has 0 aromatic rings. The Morgan fingerprint density at radius 1 is 1.10 bits per heavy atom. The van der Waals surface area contributed by atoms with Crippen LogP contribution in [0.1, 0.15) is 39.5 Å². The summed E-state index contributed by atoms with van der Waals surface area (Å²) >= 11 is 0. The molecule has 2 aliphatic carbocycles. The van der Waals surface area contributed by atoms with E-state index in [0.29, 0.717) is 0 Å². The molecule has 2 saturated carbocycles. The van der Waals surface area contributed by atoms with Crippen molar-refractivity contribution in [2.75, 3.05) is 0 Å². The molecule has 0 aliphatic heterocycles. The molecule has 0 nitrogen and oxygen atoms in total. The van der Waals surface area contributed by atoms with Crippen molar-refractivity contribution in [2.24, 2.45) is 23.7 Å². The van der Waals surface area contributed by atoms with Gasteiger partial charge in [-0.15, -0.1) is 0 Å². The molecule has 0 heterocycles. The molecule has 10 heavy (non-hydrogen) atoms. The van der Waals surface area contributed by atoms with Crippen molar-refractivity contribution in [3.8, 4) is 0 Å². The van der Waals surface area contributed by atoms with Crippen LogP contribution in [0.5, 0.6) is 0 Å². The molecule has 0 N–H and O–H groups in total. The third-order valence-electron chi connectivity index (χ3n) is 3.65. The van der Waals surface area contributed by atoms with Crippen LogP contribution >= 0.6 is 0 Å². The minimum absolute atomic E-state index is 0.954. The minimum Gasteiger partial charge on any atom is -0.0625 e. The fraction of sp³-hybridized carbons (Fsp3) is 1.00. The monoisotopic (exact) mass is 138 g/mol. The molecule has 0 spiro atoms. The molecule has 2 rings (SSSR count). The number of hydrogen-bond acceptors (Lipinski definition) is 0. The summed E-state index contributed by atoms with van der Waals surface area (Å²) in [4.78, 5) is 0. The van der Waals surface area contributed by atoms with Gasteiger partial charge in [0.25, 0.3) is 0 Å². The molecule has 2 aliphatic rings. The van der Waals surface area contributed by atoms with E-state index < -0.39 is 0 Å². The third-order valence-corrected chi connectivity index (χ3v) is 3.65. The van der Waals surface area contributed by atoms with Crippen LogP contribution in [0.25, 0.3) is 0 Å². The highest BCUT2D eigenvalue weighted by molar-refractivity contribution is 4.90. The summed E-state index contributed by atoms with van der Waals surface area (Å²) in [5, 5.41) is 0. The molecule has 0 amide bonds. The average Bonchev–Trinajstić information content (AvgIpc) is 2.44. The van der Waals surface area contributed by atoms with E-state index in [0.717, 1.165) is 23.7 Å². The molecule has 2 unspecified atom stereocenters. The van der Waals surface area contributed by atoms with Crippen LogP contribution < -0.4 is 0 Å². The predicted octanol–water partition coefficient (Wildman–Crippen LogP) is 3.08. The van der Waals surface area contributed by atoms with Gasteiger partial charge in [0.1, 0.15) is 0 Å². The summed E-state index contributed by atoms with van der Waals surface area (Å²) in [5.74, 6) is 4.32. The van der Waals surface area contributed by atoms with Gasteiger partial charge < -0.3 is 0 Å². The molecule has 0 saturated heterocycles. The zero-order chi connectivity index (χ0) is 7.14. The smallest absolute Gasteiger partial charge is 0.0360 e. The highest BCUT2D eigenvalue weighted by Gasteiger charge is 2.40. The van der Waals surface area contributed by atoms with Gasteiger partial charge in [0, 0.05) is 0 Å². The van der Waals surface area contributed by atoms with Crippen molar-refractivity contribution in [3.05, 3.63) is 0 Å². The van der Waals surface area contributed by atoms with Gasteiger partial charge in [0.2, 0.25) is 0 Å². The Kier molecular flexibility index (Phi) is 1.51. The van der Waals surface area contributed by atoms with Crippen LogP contribution in [0.15, 0.2) is 0 Å². The second-order valence-electron chi connectivity index (χ2n) is 4.58. The molecule has 3 atom stereocenters. The van der Waals surface area contributed by atoms with Gasteiger partial charge in [-0.1, -0.05) is 20.3 Å². The van der Waals surface area contributed by atoms with Gasteiger partial charge in [0.15, 0.2) is 0 Å². The Balaban J connectivity index is 2.02. The fourth-order valence-corrected chi connectivity index (χ4v) is 3.11. The summed E-state index contributed by atoms with van der Waals surface area (Å²) in [7, 11) is 0. The van der Waals surface area contributed by atoms with Crippen LogP contribution in [0, 0.1) is 23.7 Å². The summed E-state index contributed by atoms with van der Waals surface area (Å²) in [6, 6.07) is 0. The van der Waals surface area contributed by atoms with Crippen molar-refractivity contribution < 1.29 is 0 Å². The van der Waals surface area contributed by atoms with Gasteiger partial charge in [-0.05, 0) is 42.9 Å². The van der Waals surface area contributed by atoms with Gasteiger partial charge in [0.05, 0.1) is 0 Å². The number of hydrogen-bond donors (Lipinski definition) is 0. The molecular formula is C10H18. The van der Waals surface area contributed by atoms with E-state index in [1.165, 1.54) is 0 Å². The zero-order valence-electron chi connectivity index (χ0n) is 7.14. The molecular weight excluding hydrogens is 120 g/mol. The van der Waals surface area contributed by atoms with Crippen molar-refractivity contribution in [1.82, 2.24) is 0 Å². The molecule has 2 bridgehead atoms. The second-order valence-corrected chi connectivity index (χ2v) is 4.58. The van der Waals surface area contributed by atoms with Crippen LogP contribution in [0.3, 0.4) is 0 Å². The first-order chi connectivity index (χ1) is 4.77. The first kappa shape index (κ1) is 6.69. The molecule has 0 aromatic carbocycles. The van der Waals surface area contributed by atoms with Gasteiger partial charge in [-0.25, -0.2) is 0 Å². The van der Waals surface area contributed by atoms with Crippen LogP contribution in [-0.2, 0) is 0 Å². The Labute approximate surface area is 64.0 Å². The maximum Gasteiger partial charge on any atom is -0.0360 e. The number of rotatable bonds is 1. The molecule has 0 aromatic heterocycles. The predicted molar refractivity (Wildman–Crippen MR) is 43.8 cm³/mol. The van der Waals surface area contributed by atoms with E-state index in [-0.39, 0.29) is 0 Å². The molecule has 0 radical (unpaired) electrons. The van der Waals surface area contributed by atoms with E-state index in [1.54, 1.807) is 25.7 Å². The van der Waals surface area contributed by atoms with Gasteiger partial charge in [-0.3, -0.25) is 0 Å². The fourth-order valence-electron chi connectivity index (χ4n) is 3.11. The summed E-state index contributed by atoms with van der Waals surface area (Å²) in [5.41, 5.74) is 0. The molecule has 2 fully saturated rings. The van der Waals surface area contributed by atoms with Crippen molar-refractivity contribution in [1.29, 1.82) is 0 Å². The van der Waals surface area contributed by atoms with E-state index in [1.807, 2.05) is 0 Å². The summed E-state index contributed by atoms with van der Waals surface area (Å²) < 4.78 is 0. The lowest BCUT2D eigenvalue weighted by atomic mass is 9.81. The quantitative estimate of drug-likeness (QED) is 0.522. The Hall–Kier alpha value is 0. The normalized spacial score (nSPS) is 45.3. The average molecular weight is 138 g/mol. The lowest BCUT2D eigenvalue weighted by molar-refractivity contribution is 0.256. The Morgan fingerprint density at radius 3 is 2.20 bits per heavy atom. The van der Waals surface area contributed by atoms with Crippen molar-refractivity contribution in [3.63, 3.8) is 0 Å².